The van der Waals surface area contributed by atoms with Crippen LogP contribution in [0.3, 0.4) is 0 Å². The SMILES string of the molecule is COCc1ccc(C(C)=O)c2sc(C(=O)Nc3ccc4c(COC(=O)CNC(=O)OC(C)(C)C)cccc4n3)c(C)c12. The van der Waals surface area contributed by atoms with Crippen LogP contribution in [0.4, 0.5) is 10.6 Å². The third-order valence-electron chi connectivity index (χ3n) is 6.28. The highest BCUT2D eigenvalue weighted by atomic mass is 32.1. The van der Waals surface area contributed by atoms with E-state index >= 15 is 0 Å². The molecule has 2 aromatic heterocycles. The number of esters is 1. The topological polar surface area (TPSA) is 133 Å². The molecule has 4 rings (SSSR count). The van der Waals surface area contributed by atoms with Crippen LogP contribution in [0.2, 0.25) is 0 Å². The first-order chi connectivity index (χ1) is 19.9. The van der Waals surface area contributed by atoms with Gasteiger partial charge in [-0.1, -0.05) is 18.2 Å². The predicted molar refractivity (Wildman–Crippen MR) is 161 cm³/mol. The van der Waals surface area contributed by atoms with E-state index in [1.807, 2.05) is 19.1 Å². The molecule has 0 aliphatic heterocycles. The Morgan fingerprint density at radius 2 is 1.74 bits per heavy atom. The number of alkyl carbamates (subject to hydrolysis) is 1. The van der Waals surface area contributed by atoms with Crippen LogP contribution < -0.4 is 10.6 Å². The van der Waals surface area contributed by atoms with Gasteiger partial charge in [0.05, 0.1) is 17.0 Å². The number of pyridine rings is 1. The number of anilines is 1. The van der Waals surface area contributed by atoms with E-state index in [0.29, 0.717) is 33.9 Å². The van der Waals surface area contributed by atoms with Crippen LogP contribution in [-0.4, -0.2) is 48.0 Å². The largest absolute Gasteiger partial charge is 0.459 e. The molecular formula is C31H33N3O7S. The number of amides is 2. The van der Waals surface area contributed by atoms with Gasteiger partial charge in [-0.3, -0.25) is 14.4 Å². The maximum atomic E-state index is 13.4. The number of carbonyl (C=O) groups excluding carboxylic acids is 4. The number of benzene rings is 2. The fourth-order valence-electron chi connectivity index (χ4n) is 4.46. The Morgan fingerprint density at radius 3 is 2.43 bits per heavy atom. The molecule has 0 fully saturated rings. The molecule has 0 spiro atoms. The second kappa shape index (κ2) is 12.7. The standard InChI is InChI=1S/C31H33N3O7S/c1-17-26-20(15-39-6)10-11-21(18(2)35)28(26)42-27(17)29(37)34-24-13-12-22-19(8-7-9-23(22)33-24)16-40-25(36)14-32-30(38)41-31(3,4)5/h7-13H,14-16H2,1-6H3,(H,32,38)(H,33,34,37). The molecule has 0 radical (unpaired) electrons. The second-order valence-corrected chi connectivity index (χ2v) is 11.7. The van der Waals surface area contributed by atoms with Gasteiger partial charge in [0.2, 0.25) is 0 Å². The summed E-state index contributed by atoms with van der Waals surface area (Å²) in [6.45, 7) is 8.56. The number of hydrogen-bond acceptors (Lipinski definition) is 9. The quantitative estimate of drug-likeness (QED) is 0.181. The van der Waals surface area contributed by atoms with Crippen molar-refractivity contribution in [3.8, 4) is 0 Å². The number of ether oxygens (including phenoxy) is 3. The van der Waals surface area contributed by atoms with Gasteiger partial charge in [-0.2, -0.15) is 0 Å². The summed E-state index contributed by atoms with van der Waals surface area (Å²) in [7, 11) is 1.60. The van der Waals surface area contributed by atoms with Crippen molar-refractivity contribution >= 4 is 61.9 Å². The molecule has 220 valence electrons. The van der Waals surface area contributed by atoms with E-state index in [1.54, 1.807) is 58.2 Å². The second-order valence-electron chi connectivity index (χ2n) is 10.7. The number of aryl methyl sites for hydroxylation is 1. The fraction of sp³-hybridized carbons (Fsp3) is 0.323. The van der Waals surface area contributed by atoms with Gasteiger partial charge in [-0.05, 0) is 75.6 Å². The van der Waals surface area contributed by atoms with Crippen LogP contribution in [0.5, 0.6) is 0 Å². The summed E-state index contributed by atoms with van der Waals surface area (Å²) in [5.74, 6) is -0.672. The van der Waals surface area contributed by atoms with Gasteiger partial charge >= 0.3 is 12.1 Å². The Morgan fingerprint density at radius 1 is 0.976 bits per heavy atom. The molecule has 2 heterocycles. The van der Waals surface area contributed by atoms with Crippen LogP contribution in [0.1, 0.15) is 64.4 Å². The molecule has 0 aliphatic carbocycles. The molecule has 2 N–H and O–H groups in total. The lowest BCUT2D eigenvalue weighted by molar-refractivity contribution is -0.143. The van der Waals surface area contributed by atoms with E-state index < -0.39 is 17.7 Å². The molecule has 4 aromatic rings. The van der Waals surface area contributed by atoms with Crippen molar-refractivity contribution in [2.75, 3.05) is 19.0 Å². The van der Waals surface area contributed by atoms with Gasteiger partial charge in [-0.25, -0.2) is 9.78 Å². The summed E-state index contributed by atoms with van der Waals surface area (Å²) < 4.78 is 16.5. The van der Waals surface area contributed by atoms with Crippen molar-refractivity contribution in [2.45, 2.75) is 53.4 Å². The molecular weight excluding hydrogens is 558 g/mol. The molecule has 0 atom stereocenters. The van der Waals surface area contributed by atoms with Gasteiger partial charge in [-0.15, -0.1) is 11.3 Å². The zero-order valence-electron chi connectivity index (χ0n) is 24.4. The Hall–Kier alpha value is -4.35. The van der Waals surface area contributed by atoms with Crippen LogP contribution in [-0.2, 0) is 32.2 Å². The van der Waals surface area contributed by atoms with E-state index in [4.69, 9.17) is 14.2 Å². The van der Waals surface area contributed by atoms with Crippen LogP contribution in [0, 0.1) is 6.92 Å². The fourth-order valence-corrected chi connectivity index (χ4v) is 5.77. The first-order valence-electron chi connectivity index (χ1n) is 13.2. The summed E-state index contributed by atoms with van der Waals surface area (Å²) in [4.78, 5) is 54.6. The molecule has 42 heavy (non-hydrogen) atoms. The van der Waals surface area contributed by atoms with E-state index in [9.17, 15) is 19.2 Å². The minimum absolute atomic E-state index is 0.0250. The maximum absolute atomic E-state index is 13.4. The normalized spacial score (nSPS) is 11.4. The third kappa shape index (κ3) is 7.10. The Bertz CT molecular complexity index is 1690. The number of aromatic nitrogens is 1. The summed E-state index contributed by atoms with van der Waals surface area (Å²) in [6, 6.07) is 12.5. The van der Waals surface area contributed by atoms with Gasteiger partial charge in [0, 0.05) is 28.1 Å². The molecule has 10 nitrogen and oxygen atoms in total. The number of rotatable bonds is 9. The Balaban J connectivity index is 1.49. The molecule has 0 unspecified atom stereocenters. The van der Waals surface area contributed by atoms with Crippen molar-refractivity contribution in [1.82, 2.24) is 10.3 Å². The molecule has 2 amide bonds. The van der Waals surface area contributed by atoms with Crippen LogP contribution in [0.25, 0.3) is 21.0 Å². The van der Waals surface area contributed by atoms with E-state index in [0.717, 1.165) is 26.6 Å². The van der Waals surface area contributed by atoms with Crippen molar-refractivity contribution in [3.05, 3.63) is 69.6 Å². The number of fused-ring (bicyclic) bond motifs is 2. The number of carbonyl (C=O) groups is 4. The lowest BCUT2D eigenvalue weighted by Crippen LogP contribution is -2.36. The van der Waals surface area contributed by atoms with Crippen molar-refractivity contribution in [1.29, 1.82) is 0 Å². The summed E-state index contributed by atoms with van der Waals surface area (Å²) >= 11 is 1.27. The number of thiophene rings is 1. The predicted octanol–water partition coefficient (Wildman–Crippen LogP) is 5.93. The summed E-state index contributed by atoms with van der Waals surface area (Å²) in [6.07, 6.45) is -0.705. The summed E-state index contributed by atoms with van der Waals surface area (Å²) in [5.41, 5.74) is 2.88. The monoisotopic (exact) mass is 591 g/mol. The van der Waals surface area contributed by atoms with E-state index in [1.165, 1.54) is 18.3 Å². The average molecular weight is 592 g/mol. The highest BCUT2D eigenvalue weighted by Crippen LogP contribution is 2.37. The van der Waals surface area contributed by atoms with Gasteiger partial charge in [0.1, 0.15) is 24.6 Å². The van der Waals surface area contributed by atoms with Crippen molar-refractivity contribution in [3.63, 3.8) is 0 Å². The molecule has 0 bridgehead atoms. The summed E-state index contributed by atoms with van der Waals surface area (Å²) in [5, 5.41) is 6.84. The zero-order valence-corrected chi connectivity index (χ0v) is 25.2. The van der Waals surface area contributed by atoms with Gasteiger partial charge < -0.3 is 24.8 Å². The number of nitrogens with zero attached hydrogens (tertiary/aromatic N) is 1. The first-order valence-corrected chi connectivity index (χ1v) is 14.1. The molecule has 0 saturated heterocycles. The van der Waals surface area contributed by atoms with Gasteiger partial charge in [0.25, 0.3) is 5.91 Å². The Kier molecular flexibility index (Phi) is 9.23. The Labute approximate surface area is 247 Å². The van der Waals surface area contributed by atoms with E-state index in [-0.39, 0.29) is 24.8 Å². The van der Waals surface area contributed by atoms with E-state index in [2.05, 4.69) is 15.6 Å². The number of Topliss-reactive ketones (excluding diaryl/α,β-unsaturated/α-hetero) is 1. The smallest absolute Gasteiger partial charge is 0.408 e. The molecule has 0 saturated carbocycles. The zero-order chi connectivity index (χ0) is 30.6. The minimum Gasteiger partial charge on any atom is -0.459 e. The third-order valence-corrected chi connectivity index (χ3v) is 7.60. The van der Waals surface area contributed by atoms with Crippen LogP contribution in [0.15, 0.2) is 42.5 Å². The molecule has 0 aliphatic rings. The maximum Gasteiger partial charge on any atom is 0.408 e. The highest BCUT2D eigenvalue weighted by molar-refractivity contribution is 7.21. The average Bonchev–Trinajstić information content (AvgIpc) is 3.27. The van der Waals surface area contributed by atoms with Crippen molar-refractivity contribution in [2.24, 2.45) is 0 Å². The molecule has 11 heteroatoms. The number of ketones is 1. The molecule has 2 aromatic carbocycles. The number of hydrogen-bond donors (Lipinski definition) is 2. The minimum atomic E-state index is -0.705. The van der Waals surface area contributed by atoms with Crippen LogP contribution >= 0.6 is 11.3 Å². The first kappa shape index (κ1) is 30.6. The lowest BCUT2D eigenvalue weighted by atomic mass is 10.0. The number of nitrogens with one attached hydrogen (secondary N) is 2. The number of methoxy groups -OCH3 is 1. The highest BCUT2D eigenvalue weighted by Gasteiger charge is 2.22. The lowest BCUT2D eigenvalue weighted by Gasteiger charge is -2.19. The van der Waals surface area contributed by atoms with Gasteiger partial charge in [0.15, 0.2) is 5.78 Å². The van der Waals surface area contributed by atoms with Crippen molar-refractivity contribution < 1.29 is 33.4 Å².